The number of benzene rings is 1. The number of nitrogens with two attached hydrogens (primary N) is 1. The van der Waals surface area contributed by atoms with E-state index in [0.29, 0.717) is 19.0 Å². The molecule has 1 amide bonds. The lowest BCUT2D eigenvalue weighted by Crippen LogP contribution is -2.52. The molecule has 1 aromatic rings. The van der Waals surface area contributed by atoms with Crippen molar-refractivity contribution in [2.45, 2.75) is 38.8 Å². The van der Waals surface area contributed by atoms with Crippen molar-refractivity contribution in [1.29, 1.82) is 0 Å². The third-order valence-corrected chi connectivity index (χ3v) is 4.02. The van der Waals surface area contributed by atoms with Crippen molar-refractivity contribution in [3.8, 4) is 5.75 Å². The standard InChI is InChI=1S/C16H23FN2O2/c1-11-7-8-19(13(9-11)10-18)16(20)12(2)21-15-6-4-3-5-14(15)17/h3-6,11-13H,7-10,18H2,1-2H3. The average molecular weight is 294 g/mol. The molecule has 1 saturated heterocycles. The number of likely N-dealkylation sites (tertiary alicyclic amines) is 1. The van der Waals surface area contributed by atoms with Gasteiger partial charge in [-0.3, -0.25) is 4.79 Å². The maximum atomic E-state index is 13.6. The van der Waals surface area contributed by atoms with E-state index in [1.165, 1.54) is 12.1 Å². The number of carbonyl (C=O) groups excluding carboxylic acids is 1. The maximum absolute atomic E-state index is 13.6. The van der Waals surface area contributed by atoms with Crippen LogP contribution < -0.4 is 10.5 Å². The zero-order chi connectivity index (χ0) is 15.4. The predicted octanol–water partition coefficient (Wildman–Crippen LogP) is 2.18. The minimum atomic E-state index is -0.718. The van der Waals surface area contributed by atoms with E-state index < -0.39 is 11.9 Å². The van der Waals surface area contributed by atoms with E-state index in [1.54, 1.807) is 24.0 Å². The maximum Gasteiger partial charge on any atom is 0.263 e. The Morgan fingerprint density at radius 3 is 2.90 bits per heavy atom. The average Bonchev–Trinajstić information content (AvgIpc) is 2.48. The summed E-state index contributed by atoms with van der Waals surface area (Å²) in [6.07, 6.45) is 1.16. The number of hydrogen-bond donors (Lipinski definition) is 1. The molecular formula is C16H23FN2O2. The highest BCUT2D eigenvalue weighted by molar-refractivity contribution is 5.81. The fourth-order valence-electron chi connectivity index (χ4n) is 2.78. The summed E-state index contributed by atoms with van der Waals surface area (Å²) in [5.41, 5.74) is 5.78. The Labute approximate surface area is 125 Å². The molecule has 0 aromatic heterocycles. The first-order valence-electron chi connectivity index (χ1n) is 7.44. The van der Waals surface area contributed by atoms with Crippen LogP contribution in [0.4, 0.5) is 4.39 Å². The Kier molecular flexibility index (Phi) is 5.17. The fraction of sp³-hybridized carbons (Fsp3) is 0.562. The van der Waals surface area contributed by atoms with Crippen LogP contribution >= 0.6 is 0 Å². The number of para-hydroxylation sites is 1. The minimum Gasteiger partial charge on any atom is -0.478 e. The Balaban J connectivity index is 2.03. The molecular weight excluding hydrogens is 271 g/mol. The molecule has 1 heterocycles. The van der Waals surface area contributed by atoms with Gasteiger partial charge in [-0.25, -0.2) is 4.39 Å². The molecule has 4 nitrogen and oxygen atoms in total. The summed E-state index contributed by atoms with van der Waals surface area (Å²) in [6, 6.07) is 6.16. The Morgan fingerprint density at radius 1 is 1.52 bits per heavy atom. The molecule has 5 heteroatoms. The van der Waals surface area contributed by atoms with E-state index in [4.69, 9.17) is 10.5 Å². The van der Waals surface area contributed by atoms with Crippen LogP contribution in [0.5, 0.6) is 5.75 Å². The molecule has 1 fully saturated rings. The normalized spacial score (nSPS) is 23.7. The van der Waals surface area contributed by atoms with Crippen LogP contribution in [0.3, 0.4) is 0 Å². The third kappa shape index (κ3) is 3.73. The van der Waals surface area contributed by atoms with Crippen molar-refractivity contribution >= 4 is 5.91 Å². The van der Waals surface area contributed by atoms with Gasteiger partial charge < -0.3 is 15.4 Å². The molecule has 21 heavy (non-hydrogen) atoms. The number of amides is 1. The summed E-state index contributed by atoms with van der Waals surface area (Å²) >= 11 is 0. The topological polar surface area (TPSA) is 55.6 Å². The van der Waals surface area contributed by atoms with Gasteiger partial charge in [-0.2, -0.15) is 0 Å². The van der Waals surface area contributed by atoms with Crippen LogP contribution in [0.15, 0.2) is 24.3 Å². The van der Waals surface area contributed by atoms with Crippen molar-refractivity contribution in [3.05, 3.63) is 30.1 Å². The summed E-state index contributed by atoms with van der Waals surface area (Å²) in [5, 5.41) is 0. The van der Waals surface area contributed by atoms with E-state index in [9.17, 15) is 9.18 Å². The second-order valence-electron chi connectivity index (χ2n) is 5.74. The summed E-state index contributed by atoms with van der Waals surface area (Å²) in [4.78, 5) is 14.3. The van der Waals surface area contributed by atoms with Crippen LogP contribution in [-0.4, -0.2) is 36.0 Å². The molecule has 3 unspecified atom stereocenters. The molecule has 2 N–H and O–H groups in total. The van der Waals surface area contributed by atoms with Gasteiger partial charge in [-0.15, -0.1) is 0 Å². The zero-order valence-electron chi connectivity index (χ0n) is 12.6. The highest BCUT2D eigenvalue weighted by atomic mass is 19.1. The molecule has 116 valence electrons. The van der Waals surface area contributed by atoms with Gasteiger partial charge in [0.15, 0.2) is 17.7 Å². The first-order valence-corrected chi connectivity index (χ1v) is 7.44. The molecule has 0 spiro atoms. The van der Waals surface area contributed by atoms with Gasteiger partial charge in [0.1, 0.15) is 0 Å². The van der Waals surface area contributed by atoms with E-state index in [-0.39, 0.29) is 17.7 Å². The molecule has 1 aliphatic rings. The molecule has 0 aliphatic carbocycles. The first-order chi connectivity index (χ1) is 10.0. The molecule has 1 aromatic carbocycles. The Morgan fingerprint density at radius 2 is 2.24 bits per heavy atom. The van der Waals surface area contributed by atoms with E-state index in [1.807, 2.05) is 0 Å². The van der Waals surface area contributed by atoms with Gasteiger partial charge in [-0.1, -0.05) is 19.1 Å². The number of carbonyl (C=O) groups is 1. The molecule has 3 atom stereocenters. The quantitative estimate of drug-likeness (QED) is 0.926. The van der Waals surface area contributed by atoms with Crippen LogP contribution in [0.25, 0.3) is 0 Å². The number of halogens is 1. The van der Waals surface area contributed by atoms with Crippen LogP contribution in [-0.2, 0) is 4.79 Å². The van der Waals surface area contributed by atoms with Crippen molar-refractivity contribution in [2.24, 2.45) is 11.7 Å². The van der Waals surface area contributed by atoms with Gasteiger partial charge in [0.2, 0.25) is 0 Å². The number of hydrogen-bond acceptors (Lipinski definition) is 3. The van der Waals surface area contributed by atoms with Crippen LogP contribution in [0.2, 0.25) is 0 Å². The number of nitrogens with zero attached hydrogens (tertiary/aromatic N) is 1. The molecule has 2 rings (SSSR count). The summed E-state index contributed by atoms with van der Waals surface area (Å²) in [7, 11) is 0. The summed E-state index contributed by atoms with van der Waals surface area (Å²) in [5.74, 6) is 0.0961. The van der Waals surface area contributed by atoms with Crippen molar-refractivity contribution in [2.75, 3.05) is 13.1 Å². The van der Waals surface area contributed by atoms with E-state index in [0.717, 1.165) is 12.8 Å². The third-order valence-electron chi connectivity index (χ3n) is 4.02. The van der Waals surface area contributed by atoms with E-state index >= 15 is 0 Å². The lowest BCUT2D eigenvalue weighted by Gasteiger charge is -2.39. The second kappa shape index (κ2) is 6.89. The number of piperidine rings is 1. The monoisotopic (exact) mass is 294 g/mol. The second-order valence-corrected chi connectivity index (χ2v) is 5.74. The summed E-state index contributed by atoms with van der Waals surface area (Å²) in [6.45, 7) is 4.96. The fourth-order valence-corrected chi connectivity index (χ4v) is 2.78. The minimum absolute atomic E-state index is 0.0490. The largest absolute Gasteiger partial charge is 0.478 e. The smallest absolute Gasteiger partial charge is 0.263 e. The van der Waals surface area contributed by atoms with Gasteiger partial charge in [0.05, 0.1) is 0 Å². The van der Waals surface area contributed by atoms with Crippen molar-refractivity contribution in [1.82, 2.24) is 4.90 Å². The highest BCUT2D eigenvalue weighted by Gasteiger charge is 2.32. The van der Waals surface area contributed by atoms with Crippen LogP contribution in [0.1, 0.15) is 26.7 Å². The van der Waals surface area contributed by atoms with Crippen molar-refractivity contribution in [3.63, 3.8) is 0 Å². The highest BCUT2D eigenvalue weighted by Crippen LogP contribution is 2.24. The summed E-state index contributed by atoms with van der Waals surface area (Å²) < 4.78 is 19.1. The molecule has 0 saturated carbocycles. The molecule has 0 radical (unpaired) electrons. The van der Waals surface area contributed by atoms with Gasteiger partial charge in [0.25, 0.3) is 5.91 Å². The molecule has 1 aliphatic heterocycles. The van der Waals surface area contributed by atoms with Gasteiger partial charge in [-0.05, 0) is 37.8 Å². The van der Waals surface area contributed by atoms with Crippen LogP contribution in [0, 0.1) is 11.7 Å². The number of rotatable bonds is 4. The predicted molar refractivity (Wildman–Crippen MR) is 79.4 cm³/mol. The lowest BCUT2D eigenvalue weighted by molar-refractivity contribution is -0.142. The van der Waals surface area contributed by atoms with Gasteiger partial charge >= 0.3 is 0 Å². The Bertz CT molecular complexity index is 495. The zero-order valence-corrected chi connectivity index (χ0v) is 12.6. The Hall–Kier alpha value is -1.62. The first kappa shape index (κ1) is 15.8. The SMILES string of the molecule is CC1CCN(C(=O)C(C)Oc2ccccc2F)C(CN)C1. The van der Waals surface area contributed by atoms with Gasteiger partial charge in [0, 0.05) is 19.1 Å². The van der Waals surface area contributed by atoms with E-state index in [2.05, 4.69) is 6.92 Å². The van der Waals surface area contributed by atoms with Crippen molar-refractivity contribution < 1.29 is 13.9 Å². The lowest BCUT2D eigenvalue weighted by atomic mass is 9.92. The number of ether oxygens (including phenoxy) is 1. The molecule has 0 bridgehead atoms.